The topological polar surface area (TPSA) is 53.9 Å². The van der Waals surface area contributed by atoms with Gasteiger partial charge in [-0.25, -0.2) is 9.69 Å². The number of carbonyl (C=O) groups excluding carboxylic acids is 2. The molecule has 2 saturated heterocycles. The number of nitrogens with one attached hydrogen (secondary N) is 2. The third-order valence-corrected chi connectivity index (χ3v) is 6.51. The molecule has 5 heteroatoms. The van der Waals surface area contributed by atoms with Gasteiger partial charge in [-0.2, -0.15) is 0 Å². The van der Waals surface area contributed by atoms with Crippen LogP contribution in [-0.4, -0.2) is 42.1 Å². The molecule has 140 valence electrons. The predicted molar refractivity (Wildman–Crippen MR) is 99.6 cm³/mol. The smallest absolute Gasteiger partial charge is 0.323 e. The Labute approximate surface area is 155 Å². The predicted octanol–water partition coefficient (Wildman–Crippen LogP) is 1.74. The molecule has 3 aliphatic rings. The molecule has 0 radical (unpaired) electrons. The van der Waals surface area contributed by atoms with Crippen molar-refractivity contribution < 1.29 is 14.5 Å². The Bertz CT molecular complexity index is 646. The quantitative estimate of drug-likeness (QED) is 0.808. The molecule has 0 unspecified atom stereocenters. The minimum absolute atomic E-state index is 0.0288. The minimum atomic E-state index is -0.583. The fraction of sp³-hybridized carbons (Fsp3) is 0.619. The zero-order valence-corrected chi connectivity index (χ0v) is 15.5. The van der Waals surface area contributed by atoms with Crippen LogP contribution < -0.4 is 10.2 Å². The first-order chi connectivity index (χ1) is 12.7. The van der Waals surface area contributed by atoms with Crippen molar-refractivity contribution in [2.75, 3.05) is 19.8 Å². The highest BCUT2D eigenvalue weighted by atomic mass is 16.2. The summed E-state index contributed by atoms with van der Waals surface area (Å²) in [7, 11) is 0. The Balaban J connectivity index is 1.30. The molecule has 2 aliphatic heterocycles. The number of imide groups is 1. The van der Waals surface area contributed by atoms with Crippen LogP contribution in [0.3, 0.4) is 0 Å². The van der Waals surface area contributed by atoms with Gasteiger partial charge < -0.3 is 10.2 Å². The zero-order chi connectivity index (χ0) is 18.0. The Hall–Kier alpha value is -1.88. The Morgan fingerprint density at radius 2 is 1.73 bits per heavy atom. The summed E-state index contributed by atoms with van der Waals surface area (Å²) in [6, 6.07) is 10.5. The van der Waals surface area contributed by atoms with Gasteiger partial charge in [0, 0.05) is 0 Å². The maximum atomic E-state index is 12.9. The molecular formula is C21H30N3O2+. The van der Waals surface area contributed by atoms with Crippen molar-refractivity contribution in [3.63, 3.8) is 0 Å². The van der Waals surface area contributed by atoms with Crippen molar-refractivity contribution in [3.05, 3.63) is 35.9 Å². The number of hydrogen-bond acceptors (Lipinski definition) is 2. The van der Waals surface area contributed by atoms with E-state index < -0.39 is 5.54 Å². The number of urea groups is 1. The molecule has 1 saturated carbocycles. The van der Waals surface area contributed by atoms with E-state index in [9.17, 15) is 9.59 Å². The third kappa shape index (κ3) is 3.50. The molecule has 1 aromatic carbocycles. The number of quaternary nitrogens is 1. The first-order valence-electron chi connectivity index (χ1n) is 10.2. The maximum absolute atomic E-state index is 12.9. The maximum Gasteiger partial charge on any atom is 0.329 e. The lowest BCUT2D eigenvalue weighted by atomic mass is 9.82. The molecule has 1 aliphatic carbocycles. The average Bonchev–Trinajstić information content (AvgIpc) is 2.89. The Kier molecular flexibility index (Phi) is 4.98. The standard InChI is InChI=1S/C21H29N3O2/c25-19-21(11-5-2-6-12-21)22-20(26)24(19)16-23-13-9-18(10-14-23)15-17-7-3-1-4-8-17/h1,3-4,7-8,18H,2,5-6,9-16H2,(H,22,26)/p+1. The fourth-order valence-corrected chi connectivity index (χ4v) is 4.93. The van der Waals surface area contributed by atoms with Crippen LogP contribution in [0, 0.1) is 5.92 Å². The molecule has 26 heavy (non-hydrogen) atoms. The molecule has 3 amide bonds. The molecule has 1 aromatic rings. The van der Waals surface area contributed by atoms with Gasteiger partial charge in [-0.15, -0.1) is 0 Å². The first-order valence-corrected chi connectivity index (χ1v) is 10.2. The summed E-state index contributed by atoms with van der Waals surface area (Å²) in [4.78, 5) is 28.2. The lowest BCUT2D eigenvalue weighted by Gasteiger charge is -2.32. The monoisotopic (exact) mass is 356 g/mol. The van der Waals surface area contributed by atoms with Gasteiger partial charge in [0.05, 0.1) is 13.1 Å². The Morgan fingerprint density at radius 1 is 1.04 bits per heavy atom. The molecule has 0 aromatic heterocycles. The Morgan fingerprint density at radius 3 is 2.42 bits per heavy atom. The van der Waals surface area contributed by atoms with E-state index >= 15 is 0 Å². The van der Waals surface area contributed by atoms with Crippen LogP contribution in [-0.2, 0) is 11.2 Å². The lowest BCUT2D eigenvalue weighted by Crippen LogP contribution is -3.14. The number of amides is 3. The van der Waals surface area contributed by atoms with E-state index in [4.69, 9.17) is 0 Å². The normalized spacial score (nSPS) is 28.4. The third-order valence-electron chi connectivity index (χ3n) is 6.51. The van der Waals surface area contributed by atoms with Crippen molar-refractivity contribution in [1.29, 1.82) is 0 Å². The molecule has 0 bridgehead atoms. The molecule has 1 spiro atoms. The van der Waals surface area contributed by atoms with E-state index in [0.29, 0.717) is 12.6 Å². The summed E-state index contributed by atoms with van der Waals surface area (Å²) in [5.74, 6) is 0.745. The fourth-order valence-electron chi connectivity index (χ4n) is 4.93. The minimum Gasteiger partial charge on any atom is -0.323 e. The summed E-state index contributed by atoms with van der Waals surface area (Å²) in [5.41, 5.74) is 0.828. The van der Waals surface area contributed by atoms with E-state index in [-0.39, 0.29) is 11.9 Å². The number of nitrogens with zero attached hydrogens (tertiary/aromatic N) is 1. The van der Waals surface area contributed by atoms with Crippen molar-refractivity contribution in [2.24, 2.45) is 5.92 Å². The van der Waals surface area contributed by atoms with Gasteiger partial charge in [0.25, 0.3) is 5.91 Å². The van der Waals surface area contributed by atoms with Crippen LogP contribution in [0.2, 0.25) is 0 Å². The summed E-state index contributed by atoms with van der Waals surface area (Å²) in [6.07, 6.45) is 8.34. The number of rotatable bonds is 4. The molecule has 5 nitrogen and oxygen atoms in total. The van der Waals surface area contributed by atoms with E-state index in [2.05, 4.69) is 35.6 Å². The van der Waals surface area contributed by atoms with Gasteiger partial charge in [0.2, 0.25) is 0 Å². The second-order valence-corrected chi connectivity index (χ2v) is 8.35. The molecular weight excluding hydrogens is 326 g/mol. The van der Waals surface area contributed by atoms with Crippen molar-refractivity contribution >= 4 is 11.9 Å². The molecule has 3 fully saturated rings. The number of piperidine rings is 1. The van der Waals surface area contributed by atoms with E-state index in [1.165, 1.54) is 34.6 Å². The van der Waals surface area contributed by atoms with E-state index in [1.54, 1.807) is 0 Å². The molecule has 4 rings (SSSR count). The van der Waals surface area contributed by atoms with Gasteiger partial charge >= 0.3 is 6.03 Å². The second kappa shape index (κ2) is 7.39. The van der Waals surface area contributed by atoms with Crippen molar-refractivity contribution in [1.82, 2.24) is 10.2 Å². The van der Waals surface area contributed by atoms with Crippen LogP contribution in [0.15, 0.2) is 30.3 Å². The first kappa shape index (κ1) is 17.5. The van der Waals surface area contributed by atoms with Crippen molar-refractivity contribution in [3.8, 4) is 0 Å². The summed E-state index contributed by atoms with van der Waals surface area (Å²) in [5, 5.41) is 3.02. The molecule has 2 heterocycles. The second-order valence-electron chi connectivity index (χ2n) is 8.35. The van der Waals surface area contributed by atoms with Crippen LogP contribution in [0.4, 0.5) is 4.79 Å². The number of likely N-dealkylation sites (tertiary alicyclic amines) is 1. The molecule has 2 N–H and O–H groups in total. The number of hydrogen-bond donors (Lipinski definition) is 2. The SMILES string of the molecule is O=C1NC2(CCCCC2)C(=O)N1C[NH+]1CCC(Cc2ccccc2)CC1. The van der Waals surface area contributed by atoms with Crippen molar-refractivity contribution in [2.45, 2.75) is 56.9 Å². The highest BCUT2D eigenvalue weighted by molar-refractivity contribution is 6.06. The highest BCUT2D eigenvalue weighted by Gasteiger charge is 2.52. The van der Waals surface area contributed by atoms with Gasteiger partial charge in [0.1, 0.15) is 5.54 Å². The van der Waals surface area contributed by atoms with Gasteiger partial charge in [-0.3, -0.25) is 4.79 Å². The summed E-state index contributed by atoms with van der Waals surface area (Å²) >= 11 is 0. The van der Waals surface area contributed by atoms with Gasteiger partial charge in [-0.05, 0) is 43.6 Å². The number of carbonyl (C=O) groups is 2. The van der Waals surface area contributed by atoms with Crippen LogP contribution >= 0.6 is 0 Å². The number of benzene rings is 1. The van der Waals surface area contributed by atoms with E-state index in [1.807, 2.05) is 0 Å². The van der Waals surface area contributed by atoms with E-state index in [0.717, 1.165) is 45.2 Å². The van der Waals surface area contributed by atoms with Crippen LogP contribution in [0.1, 0.15) is 50.5 Å². The lowest BCUT2D eigenvalue weighted by molar-refractivity contribution is -0.913. The van der Waals surface area contributed by atoms with Crippen LogP contribution in [0.25, 0.3) is 0 Å². The largest absolute Gasteiger partial charge is 0.329 e. The summed E-state index contributed by atoms with van der Waals surface area (Å²) in [6.45, 7) is 2.62. The molecule has 0 atom stereocenters. The highest BCUT2D eigenvalue weighted by Crippen LogP contribution is 2.33. The van der Waals surface area contributed by atoms with Gasteiger partial charge in [0.15, 0.2) is 6.67 Å². The summed E-state index contributed by atoms with van der Waals surface area (Å²) < 4.78 is 0. The van der Waals surface area contributed by atoms with Gasteiger partial charge in [-0.1, -0.05) is 49.6 Å². The zero-order valence-electron chi connectivity index (χ0n) is 15.5. The average molecular weight is 356 g/mol. The van der Waals surface area contributed by atoms with Crippen LogP contribution in [0.5, 0.6) is 0 Å².